The van der Waals surface area contributed by atoms with E-state index in [-0.39, 0.29) is 0 Å². The summed E-state index contributed by atoms with van der Waals surface area (Å²) in [5.41, 5.74) is 19.9. The normalized spacial score (nSPS) is 11.8. The topological polar surface area (TPSA) is 16.3 Å². The molecule has 0 N–H and O–H groups in total. The standard InChI is InChI=1S/C73H54N4/c1-3-20-63(49-52(2)74(60-42-35-55(36-43-60)53-21-7-4-8-22-53)61-44-37-56(38-45-61)54-23-9-5-10-24-54)76-72-34-18-15-31-68(72)69-50-58(41-48-73(69)76)57-39-46-62(47-40-57)75(59-25-11-6-12-26-59)64-27-19-28-65(51-64)77-70-32-16-13-29-66(70)67-30-14-17-33-71(67)77/h3-51H,2H2,1H3/b20-3-,63-49+. The van der Waals surface area contributed by atoms with Crippen molar-refractivity contribution in [1.82, 2.24) is 9.13 Å². The number of aromatic nitrogens is 2. The molecule has 13 aromatic rings. The molecule has 0 bridgehead atoms. The van der Waals surface area contributed by atoms with E-state index in [1.807, 2.05) is 0 Å². The maximum Gasteiger partial charge on any atom is 0.0541 e. The second kappa shape index (κ2) is 20.3. The lowest BCUT2D eigenvalue weighted by atomic mass is 10.0. The van der Waals surface area contributed by atoms with Gasteiger partial charge in [0.05, 0.1) is 22.1 Å². The molecule has 0 atom stereocenters. The van der Waals surface area contributed by atoms with Crippen molar-refractivity contribution in [3.8, 4) is 39.1 Å². The van der Waals surface area contributed by atoms with Crippen molar-refractivity contribution in [2.75, 3.05) is 9.80 Å². The van der Waals surface area contributed by atoms with E-state index in [9.17, 15) is 0 Å². The van der Waals surface area contributed by atoms with Gasteiger partial charge in [0, 0.05) is 67.1 Å². The number of anilines is 5. The fourth-order valence-corrected chi connectivity index (χ4v) is 11.2. The van der Waals surface area contributed by atoms with Crippen LogP contribution in [0.1, 0.15) is 6.92 Å². The zero-order valence-corrected chi connectivity index (χ0v) is 42.8. The lowest BCUT2D eigenvalue weighted by Crippen LogP contribution is -2.15. The fourth-order valence-electron chi connectivity index (χ4n) is 11.2. The third-order valence-corrected chi connectivity index (χ3v) is 14.7. The van der Waals surface area contributed by atoms with E-state index >= 15 is 0 Å². The van der Waals surface area contributed by atoms with Crippen LogP contribution in [0.25, 0.3) is 88.4 Å². The first-order valence-corrected chi connectivity index (χ1v) is 26.3. The predicted molar refractivity (Wildman–Crippen MR) is 328 cm³/mol. The Bertz CT molecular complexity index is 4180. The number of allylic oxidation sites excluding steroid dienone is 4. The predicted octanol–water partition coefficient (Wildman–Crippen LogP) is 20.1. The maximum atomic E-state index is 4.81. The average molecular weight is 987 g/mol. The van der Waals surface area contributed by atoms with Crippen LogP contribution in [0.15, 0.2) is 310 Å². The van der Waals surface area contributed by atoms with Gasteiger partial charge in [-0.3, -0.25) is 0 Å². The van der Waals surface area contributed by atoms with Crippen LogP contribution in [-0.2, 0) is 0 Å². The molecule has 2 aromatic heterocycles. The highest BCUT2D eigenvalue weighted by Crippen LogP contribution is 2.41. The van der Waals surface area contributed by atoms with Gasteiger partial charge in [0.15, 0.2) is 0 Å². The third kappa shape index (κ3) is 8.78. The van der Waals surface area contributed by atoms with Gasteiger partial charge in [-0.15, -0.1) is 0 Å². The minimum Gasteiger partial charge on any atom is -0.311 e. The molecule has 2 heterocycles. The van der Waals surface area contributed by atoms with Crippen molar-refractivity contribution >= 4 is 77.7 Å². The zero-order valence-electron chi connectivity index (χ0n) is 42.8. The number of hydrogen-bond donors (Lipinski definition) is 0. The van der Waals surface area contributed by atoms with Crippen LogP contribution in [0.2, 0.25) is 0 Å². The summed E-state index contributed by atoms with van der Waals surface area (Å²) in [6, 6.07) is 100. The quantitative estimate of drug-likeness (QED) is 0.107. The summed E-state index contributed by atoms with van der Waals surface area (Å²) < 4.78 is 4.76. The number of nitrogens with zero attached hydrogens (tertiary/aromatic N) is 4. The Labute approximate surface area is 449 Å². The van der Waals surface area contributed by atoms with Crippen LogP contribution < -0.4 is 9.80 Å². The Kier molecular flexibility index (Phi) is 12.3. The lowest BCUT2D eigenvalue weighted by Gasteiger charge is -2.27. The Morgan fingerprint density at radius 2 is 0.766 bits per heavy atom. The van der Waals surface area contributed by atoms with E-state index in [1.165, 1.54) is 43.7 Å². The van der Waals surface area contributed by atoms with Gasteiger partial charge in [0.2, 0.25) is 0 Å². The van der Waals surface area contributed by atoms with Gasteiger partial charge in [-0.2, -0.15) is 0 Å². The van der Waals surface area contributed by atoms with Crippen molar-refractivity contribution in [3.63, 3.8) is 0 Å². The van der Waals surface area contributed by atoms with Gasteiger partial charge in [-0.05, 0) is 150 Å². The van der Waals surface area contributed by atoms with Crippen LogP contribution in [0.5, 0.6) is 0 Å². The van der Waals surface area contributed by atoms with Crippen LogP contribution >= 0.6 is 0 Å². The molecule has 77 heavy (non-hydrogen) atoms. The number of hydrogen-bond acceptors (Lipinski definition) is 2. The van der Waals surface area contributed by atoms with Crippen molar-refractivity contribution in [1.29, 1.82) is 0 Å². The largest absolute Gasteiger partial charge is 0.311 e. The lowest BCUT2D eigenvalue weighted by molar-refractivity contribution is 1.17. The zero-order chi connectivity index (χ0) is 51.7. The minimum atomic E-state index is 0.837. The molecule has 4 heteroatoms. The van der Waals surface area contributed by atoms with Crippen molar-refractivity contribution in [3.05, 3.63) is 310 Å². The Hall–Kier alpha value is -10.2. The van der Waals surface area contributed by atoms with Gasteiger partial charge in [-0.25, -0.2) is 0 Å². The molecule has 4 nitrogen and oxygen atoms in total. The van der Waals surface area contributed by atoms with E-state index < -0.39 is 0 Å². The van der Waals surface area contributed by atoms with E-state index in [4.69, 9.17) is 6.58 Å². The molecule has 0 radical (unpaired) electrons. The maximum absolute atomic E-state index is 4.81. The molecule has 0 amide bonds. The Balaban J connectivity index is 0.863. The summed E-state index contributed by atoms with van der Waals surface area (Å²) in [6.45, 7) is 6.89. The smallest absolute Gasteiger partial charge is 0.0541 e. The minimum absolute atomic E-state index is 0.837. The van der Waals surface area contributed by atoms with Crippen LogP contribution in [0.4, 0.5) is 28.4 Å². The number of rotatable bonds is 13. The molecule has 366 valence electrons. The molecule has 0 aliphatic rings. The third-order valence-electron chi connectivity index (χ3n) is 14.7. The van der Waals surface area contributed by atoms with E-state index in [0.717, 1.165) is 78.8 Å². The van der Waals surface area contributed by atoms with Gasteiger partial charge >= 0.3 is 0 Å². The van der Waals surface area contributed by atoms with E-state index in [1.54, 1.807) is 0 Å². The first kappa shape index (κ1) is 46.6. The van der Waals surface area contributed by atoms with Gasteiger partial charge in [0.1, 0.15) is 0 Å². The molecule has 0 fully saturated rings. The molecule has 0 saturated carbocycles. The van der Waals surface area contributed by atoms with E-state index in [2.05, 4.69) is 323 Å². The Morgan fingerprint density at radius 3 is 1.32 bits per heavy atom. The molecule has 0 saturated heterocycles. The van der Waals surface area contributed by atoms with Crippen LogP contribution in [-0.4, -0.2) is 9.13 Å². The molecular formula is C73H54N4. The average Bonchev–Trinajstić information content (AvgIpc) is 4.10. The van der Waals surface area contributed by atoms with E-state index in [0.29, 0.717) is 0 Å². The number of para-hydroxylation sites is 4. The first-order chi connectivity index (χ1) is 38.1. The van der Waals surface area contributed by atoms with Crippen molar-refractivity contribution in [2.45, 2.75) is 6.92 Å². The molecule has 0 aliphatic carbocycles. The Morgan fingerprint density at radius 1 is 0.351 bits per heavy atom. The second-order valence-electron chi connectivity index (χ2n) is 19.4. The van der Waals surface area contributed by atoms with Crippen LogP contribution in [0, 0.1) is 0 Å². The molecule has 0 aliphatic heterocycles. The highest BCUT2D eigenvalue weighted by molar-refractivity contribution is 6.12. The van der Waals surface area contributed by atoms with Gasteiger partial charge in [-0.1, -0.05) is 195 Å². The summed E-state index contributed by atoms with van der Waals surface area (Å²) in [7, 11) is 0. The summed E-state index contributed by atoms with van der Waals surface area (Å²) >= 11 is 0. The first-order valence-electron chi connectivity index (χ1n) is 26.3. The van der Waals surface area contributed by atoms with Gasteiger partial charge in [0.25, 0.3) is 0 Å². The summed E-state index contributed by atoms with van der Waals surface area (Å²) in [4.78, 5) is 4.60. The summed E-state index contributed by atoms with van der Waals surface area (Å²) in [5.74, 6) is 0. The molecule has 0 spiro atoms. The highest BCUT2D eigenvalue weighted by Gasteiger charge is 2.20. The molecular weight excluding hydrogens is 933 g/mol. The molecule has 13 rings (SSSR count). The second-order valence-corrected chi connectivity index (χ2v) is 19.4. The summed E-state index contributed by atoms with van der Waals surface area (Å²) in [5, 5.41) is 4.86. The number of fused-ring (bicyclic) bond motifs is 6. The highest BCUT2D eigenvalue weighted by atomic mass is 15.2. The van der Waals surface area contributed by atoms with Crippen molar-refractivity contribution < 1.29 is 0 Å². The van der Waals surface area contributed by atoms with Crippen molar-refractivity contribution in [2.24, 2.45) is 0 Å². The van der Waals surface area contributed by atoms with Crippen LogP contribution in [0.3, 0.4) is 0 Å². The SMILES string of the molecule is C=C(/C=C(\C=C/C)n1c2ccccc2c2cc(-c3ccc(N(c4ccccc4)c4cccc(-n5c6ccccc6c6ccccc65)c4)cc3)ccc21)N(c1ccc(-c2ccccc2)cc1)c1ccc(-c2ccccc2)cc1. The number of benzene rings is 11. The molecule has 11 aromatic carbocycles. The fraction of sp³-hybridized carbons (Fsp3) is 0.0137. The van der Waals surface area contributed by atoms with Gasteiger partial charge < -0.3 is 18.9 Å². The molecule has 0 unspecified atom stereocenters. The summed E-state index contributed by atoms with van der Waals surface area (Å²) in [6.07, 6.45) is 6.52. The monoisotopic (exact) mass is 986 g/mol.